The number of piperidine rings is 1. The number of nitrogens with two attached hydrogens (primary N) is 1. The molecule has 2 fully saturated rings. The highest BCUT2D eigenvalue weighted by Crippen LogP contribution is 2.35. The van der Waals surface area contributed by atoms with Crippen LogP contribution in [0.25, 0.3) is 0 Å². The molecule has 2 aliphatic rings. The minimum Gasteiger partial charge on any atom is -0.393 e. The van der Waals surface area contributed by atoms with E-state index in [2.05, 4.69) is 15.6 Å². The molecule has 0 spiro atoms. The number of aliphatic hydroxyl groups is 1. The van der Waals surface area contributed by atoms with Gasteiger partial charge in [0.15, 0.2) is 0 Å². The zero-order valence-corrected chi connectivity index (χ0v) is 15.1. The van der Waals surface area contributed by atoms with E-state index in [9.17, 15) is 9.90 Å². The van der Waals surface area contributed by atoms with Crippen molar-refractivity contribution in [2.45, 2.75) is 37.8 Å². The van der Waals surface area contributed by atoms with Crippen LogP contribution in [0.1, 0.15) is 36.0 Å². The van der Waals surface area contributed by atoms with E-state index in [1.54, 1.807) is 12.1 Å². The third-order valence-electron chi connectivity index (χ3n) is 4.90. The van der Waals surface area contributed by atoms with Crippen molar-refractivity contribution in [1.82, 2.24) is 15.6 Å². The molecule has 1 aromatic rings. The number of carbonyl (C=O) groups is 1. The van der Waals surface area contributed by atoms with E-state index in [0.29, 0.717) is 23.2 Å². The van der Waals surface area contributed by atoms with Gasteiger partial charge in [0.05, 0.1) is 11.7 Å². The molecule has 1 aliphatic carbocycles. The number of nitrogens with one attached hydrogen (secondary N) is 2. The molecule has 5 N–H and O–H groups in total. The summed E-state index contributed by atoms with van der Waals surface area (Å²) in [6.45, 7) is 1.99. The Balaban J connectivity index is 0.00000144. The number of nitrogen functional groups attached to an aromatic ring is 1. The summed E-state index contributed by atoms with van der Waals surface area (Å²) in [4.78, 5) is 16.4. The molecule has 0 radical (unpaired) electrons. The van der Waals surface area contributed by atoms with Crippen LogP contribution in [0.2, 0.25) is 0 Å². The molecule has 2 heterocycles. The van der Waals surface area contributed by atoms with Gasteiger partial charge in [0.2, 0.25) is 0 Å². The summed E-state index contributed by atoms with van der Waals surface area (Å²) in [6.07, 6.45) is 5.02. The maximum absolute atomic E-state index is 12.5. The summed E-state index contributed by atoms with van der Waals surface area (Å²) in [5, 5.41) is 16.1. The third-order valence-corrected chi connectivity index (χ3v) is 4.90. The first-order valence-electron chi connectivity index (χ1n) is 8.04. The Labute approximate surface area is 154 Å². The van der Waals surface area contributed by atoms with E-state index in [1.165, 1.54) is 6.20 Å². The number of pyridine rings is 1. The number of aromatic nitrogens is 1. The SMILES string of the molecule is Cl.Cl.Nc1ccc(C(=O)NC(C2CCNCC2)C2CC(O)C2)cn1. The molecule has 0 bridgehead atoms. The Bertz CT molecular complexity index is 517. The molecular formula is C16H26Cl2N4O2. The molecular weight excluding hydrogens is 351 g/mol. The first kappa shape index (κ1) is 21.0. The minimum atomic E-state index is -0.204. The summed E-state index contributed by atoms with van der Waals surface area (Å²) >= 11 is 0. The van der Waals surface area contributed by atoms with Crippen molar-refractivity contribution in [3.05, 3.63) is 23.9 Å². The highest BCUT2D eigenvalue weighted by molar-refractivity contribution is 5.94. The first-order valence-corrected chi connectivity index (χ1v) is 8.04. The predicted molar refractivity (Wildman–Crippen MR) is 98.7 cm³/mol. The van der Waals surface area contributed by atoms with Crippen LogP contribution in [-0.4, -0.2) is 41.2 Å². The minimum absolute atomic E-state index is 0. The van der Waals surface area contributed by atoms with Gasteiger partial charge in [-0.3, -0.25) is 4.79 Å². The van der Waals surface area contributed by atoms with Crippen LogP contribution in [0.15, 0.2) is 18.3 Å². The monoisotopic (exact) mass is 376 g/mol. The van der Waals surface area contributed by atoms with Crippen molar-refractivity contribution < 1.29 is 9.90 Å². The molecule has 1 atom stereocenters. The Morgan fingerprint density at radius 3 is 2.46 bits per heavy atom. The molecule has 1 unspecified atom stereocenters. The predicted octanol–water partition coefficient (Wildman–Crippen LogP) is 1.38. The average Bonchev–Trinajstić information content (AvgIpc) is 2.51. The maximum Gasteiger partial charge on any atom is 0.253 e. The summed E-state index contributed by atoms with van der Waals surface area (Å²) in [5.74, 6) is 1.17. The summed E-state index contributed by atoms with van der Waals surface area (Å²) in [7, 11) is 0. The molecule has 3 rings (SSSR count). The molecule has 8 heteroatoms. The quantitative estimate of drug-likeness (QED) is 0.635. The molecule has 1 aliphatic heterocycles. The Morgan fingerprint density at radius 1 is 1.25 bits per heavy atom. The van der Waals surface area contributed by atoms with Gasteiger partial charge in [0.1, 0.15) is 5.82 Å². The van der Waals surface area contributed by atoms with Gasteiger partial charge >= 0.3 is 0 Å². The number of aliphatic hydroxyl groups excluding tert-OH is 1. The van der Waals surface area contributed by atoms with Crippen LogP contribution in [0.3, 0.4) is 0 Å². The third kappa shape index (κ3) is 4.96. The molecule has 6 nitrogen and oxygen atoms in total. The standard InChI is InChI=1S/C16H24N4O2.2ClH/c17-14-2-1-11(9-19-14)16(22)20-15(12-7-13(21)8-12)10-3-5-18-6-4-10;;/h1-2,9-10,12-13,15,18,21H,3-8H2,(H2,17,19)(H,20,22);2*1H. The second kappa shape index (κ2) is 9.42. The van der Waals surface area contributed by atoms with Crippen molar-refractivity contribution in [3.63, 3.8) is 0 Å². The van der Waals surface area contributed by atoms with Gasteiger partial charge in [0.25, 0.3) is 5.91 Å². The zero-order valence-electron chi connectivity index (χ0n) is 13.5. The van der Waals surface area contributed by atoms with Gasteiger partial charge in [-0.25, -0.2) is 4.98 Å². The highest BCUT2D eigenvalue weighted by atomic mass is 35.5. The smallest absolute Gasteiger partial charge is 0.253 e. The number of nitrogens with zero attached hydrogens (tertiary/aromatic N) is 1. The second-order valence-corrected chi connectivity index (χ2v) is 6.44. The van der Waals surface area contributed by atoms with Crippen molar-refractivity contribution in [1.29, 1.82) is 0 Å². The Hall–Kier alpha value is -1.08. The van der Waals surface area contributed by atoms with Gasteiger partial charge in [-0.15, -0.1) is 24.8 Å². The fourth-order valence-electron chi connectivity index (χ4n) is 3.52. The van der Waals surface area contributed by atoms with E-state index in [-0.39, 0.29) is 42.9 Å². The fraction of sp³-hybridized carbons (Fsp3) is 0.625. The van der Waals surface area contributed by atoms with E-state index >= 15 is 0 Å². The highest BCUT2D eigenvalue weighted by Gasteiger charge is 2.39. The van der Waals surface area contributed by atoms with Crippen LogP contribution in [0.5, 0.6) is 0 Å². The van der Waals surface area contributed by atoms with E-state index in [4.69, 9.17) is 5.73 Å². The molecule has 1 amide bonds. The lowest BCUT2D eigenvalue weighted by Crippen LogP contribution is -2.52. The fourth-order valence-corrected chi connectivity index (χ4v) is 3.52. The van der Waals surface area contributed by atoms with Crippen LogP contribution >= 0.6 is 24.8 Å². The van der Waals surface area contributed by atoms with Crippen molar-refractivity contribution in [3.8, 4) is 0 Å². The van der Waals surface area contributed by atoms with Crippen LogP contribution in [0, 0.1) is 11.8 Å². The zero-order chi connectivity index (χ0) is 15.5. The Morgan fingerprint density at radius 2 is 1.92 bits per heavy atom. The second-order valence-electron chi connectivity index (χ2n) is 6.44. The number of hydrogen-bond acceptors (Lipinski definition) is 5. The average molecular weight is 377 g/mol. The number of hydrogen-bond donors (Lipinski definition) is 4. The molecule has 1 saturated heterocycles. The van der Waals surface area contributed by atoms with Gasteiger partial charge < -0.3 is 21.5 Å². The molecule has 1 aromatic heterocycles. The Kier molecular flexibility index (Phi) is 8.22. The van der Waals surface area contributed by atoms with E-state index in [1.807, 2.05) is 0 Å². The van der Waals surface area contributed by atoms with Gasteiger partial charge in [-0.05, 0) is 62.7 Å². The molecule has 136 valence electrons. The number of anilines is 1. The number of halogens is 2. The molecule has 1 saturated carbocycles. The van der Waals surface area contributed by atoms with Crippen LogP contribution in [-0.2, 0) is 0 Å². The number of amides is 1. The van der Waals surface area contributed by atoms with E-state index < -0.39 is 0 Å². The van der Waals surface area contributed by atoms with Gasteiger partial charge in [-0.1, -0.05) is 0 Å². The lowest BCUT2D eigenvalue weighted by molar-refractivity contribution is 0.00918. The summed E-state index contributed by atoms with van der Waals surface area (Å²) in [6, 6.07) is 3.48. The maximum atomic E-state index is 12.5. The molecule has 0 aromatic carbocycles. The van der Waals surface area contributed by atoms with E-state index in [0.717, 1.165) is 38.8 Å². The largest absolute Gasteiger partial charge is 0.393 e. The van der Waals surface area contributed by atoms with Crippen LogP contribution < -0.4 is 16.4 Å². The summed E-state index contributed by atoms with van der Waals surface area (Å²) in [5.41, 5.74) is 6.10. The lowest BCUT2D eigenvalue weighted by Gasteiger charge is -2.43. The van der Waals surface area contributed by atoms with Crippen LogP contribution in [0.4, 0.5) is 5.82 Å². The van der Waals surface area contributed by atoms with Gasteiger partial charge in [-0.2, -0.15) is 0 Å². The van der Waals surface area contributed by atoms with Gasteiger partial charge in [0, 0.05) is 12.2 Å². The number of carbonyl (C=O) groups excluding carboxylic acids is 1. The molecule has 24 heavy (non-hydrogen) atoms. The normalized spacial score (nSPS) is 24.7. The van der Waals surface area contributed by atoms with Crippen molar-refractivity contribution >= 4 is 36.5 Å². The number of rotatable bonds is 4. The topological polar surface area (TPSA) is 100 Å². The lowest BCUT2D eigenvalue weighted by atomic mass is 9.71. The van der Waals surface area contributed by atoms with Crippen molar-refractivity contribution in [2.24, 2.45) is 11.8 Å². The van der Waals surface area contributed by atoms with Crippen molar-refractivity contribution in [2.75, 3.05) is 18.8 Å². The first-order chi connectivity index (χ1) is 10.6. The summed E-state index contributed by atoms with van der Waals surface area (Å²) < 4.78 is 0.